The second-order valence-corrected chi connectivity index (χ2v) is 35.0. The Morgan fingerprint density at radius 1 is 0.561 bits per heavy atom. The summed E-state index contributed by atoms with van der Waals surface area (Å²) in [6.07, 6.45) is 17.3. The fourth-order valence-corrected chi connectivity index (χ4v) is 17.9. The van der Waals surface area contributed by atoms with E-state index in [1.54, 1.807) is 42.5 Å². The van der Waals surface area contributed by atoms with Gasteiger partial charge in [-0.3, -0.25) is 9.59 Å². The maximum absolute atomic E-state index is 13.4. The summed E-state index contributed by atoms with van der Waals surface area (Å²) >= 11 is 7.86. The van der Waals surface area contributed by atoms with Gasteiger partial charge in [0.05, 0.1) is 30.8 Å². The Bertz CT molecular complexity index is 5800. The van der Waals surface area contributed by atoms with Crippen LogP contribution in [0.25, 0.3) is 43.6 Å². The number of urea groups is 2. The van der Waals surface area contributed by atoms with Crippen molar-refractivity contribution in [2.24, 2.45) is 0 Å². The van der Waals surface area contributed by atoms with Crippen molar-refractivity contribution >= 4 is 102 Å². The van der Waals surface area contributed by atoms with E-state index >= 15 is 0 Å². The van der Waals surface area contributed by atoms with Crippen molar-refractivity contribution in [3.05, 3.63) is 336 Å². The monoisotopic (exact) mass is 1680 g/mol. The summed E-state index contributed by atoms with van der Waals surface area (Å²) in [6, 6.07) is 76.9. The molecule has 0 spiro atoms. The Balaban J connectivity index is 0.000000142. The number of halogens is 1. The molecule has 9 aromatic carbocycles. The van der Waals surface area contributed by atoms with Crippen LogP contribution in [0, 0.1) is 13.8 Å². The molecule has 5 aromatic heterocycles. The first-order chi connectivity index (χ1) is 59.7. The number of carbonyl (C=O) groups excluding carboxylic acids is 5. The van der Waals surface area contributed by atoms with Gasteiger partial charge in [-0.15, -0.1) is 11.3 Å². The number of unbranched alkanes of at least 4 members (excludes halogenated alkanes) is 6. The Morgan fingerprint density at radius 2 is 1.11 bits per heavy atom. The second kappa shape index (κ2) is 42.7. The van der Waals surface area contributed by atoms with E-state index in [4.69, 9.17) is 16.3 Å². The molecule has 0 saturated carbocycles. The lowest BCUT2D eigenvalue weighted by molar-refractivity contribution is -0.133. The first-order valence-electron chi connectivity index (χ1n) is 44.0. The van der Waals surface area contributed by atoms with E-state index in [0.717, 1.165) is 126 Å². The van der Waals surface area contributed by atoms with Gasteiger partial charge >= 0.3 is 18.0 Å². The van der Waals surface area contributed by atoms with Crippen molar-refractivity contribution in [1.82, 2.24) is 44.9 Å². The molecule has 2 aliphatic heterocycles. The largest absolute Gasteiger partial charge is 0.462 e. The molecule has 0 fully saturated rings. The van der Waals surface area contributed by atoms with Gasteiger partial charge in [-0.1, -0.05) is 249 Å². The molecule has 16 nitrogen and oxygen atoms in total. The number of hydrogen-bond donors (Lipinski definition) is 6. The number of benzene rings is 9. The van der Waals surface area contributed by atoms with E-state index in [-0.39, 0.29) is 53.3 Å². The molecule has 0 radical (unpaired) electrons. The summed E-state index contributed by atoms with van der Waals surface area (Å²) < 4.78 is 5.04. The lowest BCUT2D eigenvalue weighted by atomic mass is 9.85. The first kappa shape index (κ1) is 88.9. The molecule has 16 rings (SSSR count). The van der Waals surface area contributed by atoms with Crippen LogP contribution in [0.1, 0.15) is 217 Å². The fourth-order valence-electron chi connectivity index (χ4n) is 16.9. The van der Waals surface area contributed by atoms with Gasteiger partial charge in [0.1, 0.15) is 0 Å². The fraction of sp³-hybridized carbons (Fsp3) is 0.324. The third-order valence-electron chi connectivity index (χ3n) is 23.9. The molecule has 2 aliphatic rings. The molecular formula is C105H119ClN10O6S. The van der Waals surface area contributed by atoms with E-state index in [0.29, 0.717) is 50.5 Å². The zero-order chi connectivity index (χ0) is 86.4. The standard InChI is InChI=1S/C31H35N3O3.C26H31ClN2O.C24H29N3O.C24H24N2OS/c1-5-37-29(35)23-12-16-26(17-13-23)33-30(36)34(21-22-10-14-25(15-11-22)31(2,3)4)19-18-24-20-32-28-9-7-6-8-27(24)28;1-2-3-4-5-6-7-12-24(30)29-18-17-22-21-10-8-9-11-23(21)28-25(22)26(29)19-13-15-20(27)16-14-19;1-3-4-15-25-24(28)27-16-14-20-19-12-8-9-13-21(19)26-22(20)23(27)17(2)18-10-6-5-7-11-18;1-17-7-9-19(10-8-17)24(27)26(16-23-18(2)12-14-28-23)13-11-20-15-25-22-6-4-3-5-21(20)22/h6-17,20,32H,5,18-19,21H2,1-4H3,(H,33,36);8-11,13-16,26,28H,2-7,12,17-18H2,1H3;5-13,17,23,26H,3-4,14-16H2,1-2H3,(H,25,28);3-10,12,14-15,25H,11,13,16H2,1-2H3. The lowest BCUT2D eigenvalue weighted by Crippen LogP contribution is -2.47. The van der Waals surface area contributed by atoms with Gasteiger partial charge in [-0.05, 0) is 199 Å². The summed E-state index contributed by atoms with van der Waals surface area (Å²) in [6.45, 7) is 24.0. The maximum Gasteiger partial charge on any atom is 0.338 e. The number of aromatic amines is 4. The molecule has 14 aromatic rings. The number of thiophene rings is 1. The molecular weight excluding hydrogens is 1560 g/mol. The molecule has 7 heterocycles. The van der Waals surface area contributed by atoms with Crippen LogP contribution in [0.15, 0.2) is 248 Å². The van der Waals surface area contributed by atoms with Crippen molar-refractivity contribution in [2.45, 2.75) is 182 Å². The zero-order valence-corrected chi connectivity index (χ0v) is 74.3. The Kier molecular flexibility index (Phi) is 30.9. The molecule has 0 saturated heterocycles. The second-order valence-electron chi connectivity index (χ2n) is 33.5. The van der Waals surface area contributed by atoms with Crippen LogP contribution in [-0.2, 0) is 53.7 Å². The minimum absolute atomic E-state index is 0.000163. The minimum atomic E-state index is -0.376. The third kappa shape index (κ3) is 22.7. The topological polar surface area (TPSA) is 195 Å². The number of para-hydroxylation sites is 4. The molecule has 0 aliphatic carbocycles. The number of amides is 6. The number of esters is 1. The summed E-state index contributed by atoms with van der Waals surface area (Å²) in [4.78, 5) is 88.0. The highest BCUT2D eigenvalue weighted by Crippen LogP contribution is 2.44. The van der Waals surface area contributed by atoms with Gasteiger partial charge in [0, 0.05) is 140 Å². The molecule has 638 valence electrons. The van der Waals surface area contributed by atoms with Crippen molar-refractivity contribution in [3.63, 3.8) is 0 Å². The van der Waals surface area contributed by atoms with E-state index in [1.807, 2.05) is 88.5 Å². The molecule has 0 bridgehead atoms. The van der Waals surface area contributed by atoms with Crippen LogP contribution >= 0.6 is 22.9 Å². The highest BCUT2D eigenvalue weighted by Gasteiger charge is 2.38. The number of aryl methyl sites for hydroxylation is 2. The number of fused-ring (bicyclic) bond motifs is 8. The van der Waals surface area contributed by atoms with Gasteiger partial charge in [0.15, 0.2) is 0 Å². The SMILES string of the molecule is CCCCCCCCC(=O)N1CCc2c([nH]c3ccccc23)C1c1ccc(Cl)cc1.CCCCNC(=O)N1CCc2c([nH]c3ccccc23)C1C(C)c1ccccc1.CCOC(=O)c1ccc(NC(=O)N(CCc2c[nH]c3ccccc23)Cc2ccc(C(C)(C)C)cc2)cc1.Cc1ccc(C(=O)N(CCc2c[nH]c3ccccc23)Cc2sccc2C)cc1. The quantitative estimate of drug-likeness (QED) is 0.0219. The Hall–Kier alpha value is -11.9. The summed E-state index contributed by atoms with van der Waals surface area (Å²) in [7, 11) is 0. The van der Waals surface area contributed by atoms with Gasteiger partial charge in [0.25, 0.3) is 5.91 Å². The van der Waals surface area contributed by atoms with Crippen LogP contribution in [-0.4, -0.2) is 109 Å². The number of anilines is 1. The van der Waals surface area contributed by atoms with E-state index < -0.39 is 0 Å². The third-order valence-corrected chi connectivity index (χ3v) is 25.2. The number of hydrogen-bond acceptors (Lipinski definition) is 7. The van der Waals surface area contributed by atoms with E-state index in [9.17, 15) is 24.0 Å². The van der Waals surface area contributed by atoms with Crippen LogP contribution < -0.4 is 10.6 Å². The van der Waals surface area contributed by atoms with Crippen molar-refractivity contribution < 1.29 is 28.7 Å². The van der Waals surface area contributed by atoms with Crippen molar-refractivity contribution in [1.29, 1.82) is 0 Å². The maximum atomic E-state index is 13.4. The average molecular weight is 1680 g/mol. The van der Waals surface area contributed by atoms with Gasteiger partial charge < -0.3 is 54.9 Å². The number of aromatic nitrogens is 4. The van der Waals surface area contributed by atoms with Crippen LogP contribution in [0.3, 0.4) is 0 Å². The van der Waals surface area contributed by atoms with Crippen LogP contribution in [0.4, 0.5) is 15.3 Å². The predicted molar refractivity (Wildman–Crippen MR) is 506 cm³/mol. The zero-order valence-electron chi connectivity index (χ0n) is 72.8. The van der Waals surface area contributed by atoms with Crippen molar-refractivity contribution in [3.8, 4) is 0 Å². The predicted octanol–water partition coefficient (Wildman–Crippen LogP) is 25.1. The molecule has 123 heavy (non-hydrogen) atoms. The van der Waals surface area contributed by atoms with Gasteiger partial charge in [-0.25, -0.2) is 14.4 Å². The van der Waals surface area contributed by atoms with E-state index in [1.165, 1.54) is 96.7 Å². The van der Waals surface area contributed by atoms with Crippen LogP contribution in [0.2, 0.25) is 5.02 Å². The lowest BCUT2D eigenvalue weighted by Gasteiger charge is -2.39. The van der Waals surface area contributed by atoms with E-state index in [2.05, 4.69) is 241 Å². The summed E-state index contributed by atoms with van der Waals surface area (Å²) in [5, 5.41) is 13.9. The first-order valence-corrected chi connectivity index (χ1v) is 45.3. The normalized spacial score (nSPS) is 13.8. The number of rotatable bonds is 27. The summed E-state index contributed by atoms with van der Waals surface area (Å²) in [5.74, 6) is 0.173. The van der Waals surface area contributed by atoms with Crippen molar-refractivity contribution in [2.75, 3.05) is 44.6 Å². The summed E-state index contributed by atoms with van der Waals surface area (Å²) in [5.41, 5.74) is 21.0. The number of ether oxygens (including phenoxy) is 1. The number of nitrogens with one attached hydrogen (secondary N) is 6. The number of nitrogens with zero attached hydrogens (tertiary/aromatic N) is 4. The number of H-pyrrole nitrogens is 4. The van der Waals surface area contributed by atoms with Crippen LogP contribution in [0.5, 0.6) is 0 Å². The highest BCUT2D eigenvalue weighted by atomic mass is 35.5. The molecule has 18 heteroatoms. The van der Waals surface area contributed by atoms with Gasteiger partial charge in [-0.2, -0.15) is 0 Å². The molecule has 6 amide bonds. The van der Waals surface area contributed by atoms with Gasteiger partial charge in [0.2, 0.25) is 5.91 Å². The smallest absolute Gasteiger partial charge is 0.338 e. The average Bonchev–Trinajstić information content (AvgIpc) is 1.62. The molecule has 6 N–H and O–H groups in total. The molecule has 3 atom stereocenters. The minimum Gasteiger partial charge on any atom is -0.462 e. The highest BCUT2D eigenvalue weighted by molar-refractivity contribution is 7.10. The Labute approximate surface area is 734 Å². The molecule has 3 unspecified atom stereocenters. The number of carbonyl (C=O) groups is 5. The Morgan fingerprint density at radius 3 is 1.70 bits per heavy atom.